The van der Waals surface area contributed by atoms with Crippen molar-refractivity contribution in [3.8, 4) is 0 Å². The van der Waals surface area contributed by atoms with Gasteiger partial charge in [-0.15, -0.1) is 0 Å². The maximum atomic E-state index is 6.02. The van der Waals surface area contributed by atoms with Crippen LogP contribution in [0.5, 0.6) is 0 Å². The SMILES string of the molecule is Clc1ccc(C/C=C/COCc2cn(CCCN3CCC(N4CCCC4)CC3)c3ccccc23)cc1. The molecule has 3 aromatic rings. The van der Waals surface area contributed by atoms with E-state index in [-0.39, 0.29) is 0 Å². The van der Waals surface area contributed by atoms with Crippen molar-refractivity contribution < 1.29 is 4.74 Å². The number of hydrogen-bond acceptors (Lipinski definition) is 3. The number of hydrogen-bond donors (Lipinski definition) is 0. The Morgan fingerprint density at radius 1 is 0.889 bits per heavy atom. The van der Waals surface area contributed by atoms with Crippen molar-refractivity contribution in [2.75, 3.05) is 39.3 Å². The number of nitrogens with zero attached hydrogens (tertiary/aromatic N) is 3. The van der Waals surface area contributed by atoms with Crippen LogP contribution in [0.25, 0.3) is 10.9 Å². The Balaban J connectivity index is 1.07. The van der Waals surface area contributed by atoms with Gasteiger partial charge in [0.15, 0.2) is 0 Å². The number of likely N-dealkylation sites (tertiary alicyclic amines) is 2. The molecule has 1 aromatic heterocycles. The molecule has 5 rings (SSSR count). The Kier molecular flexibility index (Phi) is 9.16. The van der Waals surface area contributed by atoms with E-state index in [0.717, 1.165) is 24.0 Å². The second kappa shape index (κ2) is 12.9. The molecule has 0 N–H and O–H groups in total. The summed E-state index contributed by atoms with van der Waals surface area (Å²) in [5.41, 5.74) is 3.86. The van der Waals surface area contributed by atoms with Crippen LogP contribution in [0.15, 0.2) is 66.9 Å². The molecule has 3 heterocycles. The number of piperidine rings is 1. The molecule has 2 aliphatic heterocycles. The normalized spacial score (nSPS) is 18.1. The lowest BCUT2D eigenvalue weighted by molar-refractivity contribution is 0.125. The van der Waals surface area contributed by atoms with Crippen LogP contribution in [-0.2, 0) is 24.3 Å². The van der Waals surface area contributed by atoms with E-state index in [2.05, 4.69) is 69.1 Å². The maximum absolute atomic E-state index is 6.02. The van der Waals surface area contributed by atoms with Gasteiger partial charge >= 0.3 is 0 Å². The van der Waals surface area contributed by atoms with Crippen LogP contribution in [0.1, 0.15) is 43.2 Å². The van der Waals surface area contributed by atoms with E-state index in [1.807, 2.05) is 12.1 Å². The quantitative estimate of drug-likeness (QED) is 0.217. The molecule has 36 heavy (non-hydrogen) atoms. The number of ether oxygens (including phenoxy) is 1. The fourth-order valence-corrected chi connectivity index (χ4v) is 5.97. The minimum absolute atomic E-state index is 0.625. The van der Waals surface area contributed by atoms with Crippen molar-refractivity contribution in [3.63, 3.8) is 0 Å². The molecule has 0 unspecified atom stereocenters. The first-order chi connectivity index (χ1) is 17.8. The number of aromatic nitrogens is 1. The van der Waals surface area contributed by atoms with Gasteiger partial charge in [0.2, 0.25) is 0 Å². The summed E-state index contributed by atoms with van der Waals surface area (Å²) >= 11 is 5.96. The van der Waals surface area contributed by atoms with Gasteiger partial charge in [-0.3, -0.25) is 0 Å². The van der Waals surface area contributed by atoms with Crippen LogP contribution in [-0.4, -0.2) is 59.7 Å². The van der Waals surface area contributed by atoms with Gasteiger partial charge < -0.3 is 19.1 Å². The van der Waals surface area contributed by atoms with Crippen LogP contribution >= 0.6 is 11.6 Å². The van der Waals surface area contributed by atoms with Crippen molar-refractivity contribution >= 4 is 22.5 Å². The van der Waals surface area contributed by atoms with Crippen molar-refractivity contribution in [2.24, 2.45) is 0 Å². The monoisotopic (exact) mass is 505 g/mol. The molecular weight excluding hydrogens is 466 g/mol. The summed E-state index contributed by atoms with van der Waals surface area (Å²) in [5, 5.41) is 2.09. The number of rotatable bonds is 11. The van der Waals surface area contributed by atoms with E-state index in [1.54, 1.807) is 0 Å². The average Bonchev–Trinajstić information content (AvgIpc) is 3.57. The lowest BCUT2D eigenvalue weighted by Gasteiger charge is -2.36. The minimum atomic E-state index is 0.625. The predicted molar refractivity (Wildman–Crippen MR) is 151 cm³/mol. The third kappa shape index (κ3) is 6.80. The number of allylic oxidation sites excluding steroid dienone is 1. The number of aryl methyl sites for hydroxylation is 1. The summed E-state index contributed by atoms with van der Waals surface area (Å²) in [4.78, 5) is 5.42. The van der Waals surface area contributed by atoms with Gasteiger partial charge in [0.1, 0.15) is 0 Å². The van der Waals surface area contributed by atoms with Crippen molar-refractivity contribution in [3.05, 3.63) is 83.0 Å². The predicted octanol–water partition coefficient (Wildman–Crippen LogP) is 6.56. The summed E-state index contributed by atoms with van der Waals surface area (Å²) in [6, 6.07) is 17.6. The zero-order valence-electron chi connectivity index (χ0n) is 21.5. The van der Waals surface area contributed by atoms with E-state index in [1.165, 1.54) is 86.9 Å². The lowest BCUT2D eigenvalue weighted by Crippen LogP contribution is -2.44. The van der Waals surface area contributed by atoms with E-state index in [0.29, 0.717) is 13.2 Å². The van der Waals surface area contributed by atoms with Crippen molar-refractivity contribution in [2.45, 2.75) is 57.7 Å². The molecule has 0 spiro atoms. The highest BCUT2D eigenvalue weighted by Gasteiger charge is 2.26. The fourth-order valence-electron chi connectivity index (χ4n) is 5.85. The third-order valence-electron chi connectivity index (χ3n) is 7.86. The Hall–Kier alpha value is -2.11. The van der Waals surface area contributed by atoms with Gasteiger partial charge in [-0.1, -0.05) is 54.1 Å². The molecule has 2 fully saturated rings. The van der Waals surface area contributed by atoms with Gasteiger partial charge in [-0.05, 0) is 95.0 Å². The van der Waals surface area contributed by atoms with E-state index >= 15 is 0 Å². The van der Waals surface area contributed by atoms with E-state index in [4.69, 9.17) is 16.3 Å². The molecule has 2 aliphatic rings. The first kappa shape index (κ1) is 25.5. The molecule has 0 bridgehead atoms. The summed E-state index contributed by atoms with van der Waals surface area (Å²) in [6.45, 7) is 8.71. The van der Waals surface area contributed by atoms with Crippen molar-refractivity contribution in [1.29, 1.82) is 0 Å². The summed E-state index contributed by atoms with van der Waals surface area (Å²) < 4.78 is 8.45. The Morgan fingerprint density at radius 3 is 2.47 bits per heavy atom. The number of benzene rings is 2. The van der Waals surface area contributed by atoms with Gasteiger partial charge in [-0.2, -0.15) is 0 Å². The summed E-state index contributed by atoms with van der Waals surface area (Å²) in [6.07, 6.45) is 14.2. The Bertz CT molecular complexity index is 1110. The van der Waals surface area contributed by atoms with Gasteiger partial charge in [0, 0.05) is 40.3 Å². The fraction of sp³-hybridized carbons (Fsp3) is 0.484. The zero-order valence-corrected chi connectivity index (χ0v) is 22.2. The molecule has 2 saturated heterocycles. The second-order valence-corrected chi connectivity index (χ2v) is 10.8. The highest BCUT2D eigenvalue weighted by Crippen LogP contribution is 2.24. The van der Waals surface area contributed by atoms with Crippen LogP contribution in [0.2, 0.25) is 5.02 Å². The van der Waals surface area contributed by atoms with Crippen molar-refractivity contribution in [1.82, 2.24) is 14.4 Å². The maximum Gasteiger partial charge on any atom is 0.0742 e. The first-order valence-electron chi connectivity index (χ1n) is 13.8. The number of fused-ring (bicyclic) bond motifs is 1. The lowest BCUT2D eigenvalue weighted by atomic mass is 10.0. The zero-order chi connectivity index (χ0) is 24.6. The highest BCUT2D eigenvalue weighted by molar-refractivity contribution is 6.30. The molecule has 0 amide bonds. The van der Waals surface area contributed by atoms with E-state index < -0.39 is 0 Å². The van der Waals surface area contributed by atoms with Gasteiger partial charge in [-0.25, -0.2) is 0 Å². The molecule has 192 valence electrons. The Morgan fingerprint density at radius 2 is 1.67 bits per heavy atom. The standard InChI is InChI=1S/C31H40ClN3O/c32-28-13-11-26(12-14-28)8-3-6-23-36-25-27-24-35(31-10-2-1-9-30(27)31)20-7-17-33-21-15-29(16-22-33)34-18-4-5-19-34/h1-3,6,9-14,24,29H,4-5,7-8,15-23,25H2/b6-3+. The van der Waals surface area contributed by atoms with Crippen LogP contribution in [0.4, 0.5) is 0 Å². The topological polar surface area (TPSA) is 20.6 Å². The van der Waals surface area contributed by atoms with Crippen LogP contribution < -0.4 is 0 Å². The minimum Gasteiger partial charge on any atom is -0.373 e. The molecular formula is C31H40ClN3O. The number of para-hydroxylation sites is 1. The molecule has 0 atom stereocenters. The third-order valence-corrected chi connectivity index (χ3v) is 8.12. The Labute approximate surface area is 221 Å². The largest absolute Gasteiger partial charge is 0.373 e. The molecule has 0 radical (unpaired) electrons. The highest BCUT2D eigenvalue weighted by atomic mass is 35.5. The average molecular weight is 506 g/mol. The number of halogens is 1. The van der Waals surface area contributed by atoms with Crippen LogP contribution in [0.3, 0.4) is 0 Å². The van der Waals surface area contributed by atoms with Gasteiger partial charge in [0.25, 0.3) is 0 Å². The molecule has 5 heteroatoms. The second-order valence-electron chi connectivity index (χ2n) is 10.4. The molecule has 0 aliphatic carbocycles. The molecule has 4 nitrogen and oxygen atoms in total. The molecule has 0 saturated carbocycles. The first-order valence-corrected chi connectivity index (χ1v) is 14.1. The smallest absolute Gasteiger partial charge is 0.0742 e. The molecule has 2 aromatic carbocycles. The van der Waals surface area contributed by atoms with Gasteiger partial charge in [0.05, 0.1) is 13.2 Å². The summed E-state index contributed by atoms with van der Waals surface area (Å²) in [5.74, 6) is 0. The van der Waals surface area contributed by atoms with E-state index in [9.17, 15) is 0 Å². The van der Waals surface area contributed by atoms with Crippen LogP contribution in [0, 0.1) is 0 Å². The summed E-state index contributed by atoms with van der Waals surface area (Å²) in [7, 11) is 0.